The highest BCUT2D eigenvalue weighted by Gasteiger charge is 2.24. The summed E-state index contributed by atoms with van der Waals surface area (Å²) in [5, 5.41) is 3.58. The van der Waals surface area contributed by atoms with Gasteiger partial charge < -0.3 is 10.1 Å². The van der Waals surface area contributed by atoms with Crippen LogP contribution in [0.1, 0.15) is 25.8 Å². The Bertz CT molecular complexity index is 337. The molecular formula is C14H21NO. The molecule has 88 valence electrons. The molecule has 2 rings (SSSR count). The van der Waals surface area contributed by atoms with Crippen molar-refractivity contribution >= 4 is 5.69 Å². The molecule has 0 spiro atoms. The predicted molar refractivity (Wildman–Crippen MR) is 67.8 cm³/mol. The maximum atomic E-state index is 5.65. The van der Waals surface area contributed by atoms with Gasteiger partial charge >= 0.3 is 0 Å². The first-order valence-corrected chi connectivity index (χ1v) is 6.23. The average Bonchev–Trinajstić information content (AvgIpc) is 2.30. The van der Waals surface area contributed by atoms with Gasteiger partial charge in [0.2, 0.25) is 0 Å². The van der Waals surface area contributed by atoms with E-state index in [0.29, 0.717) is 12.0 Å². The summed E-state index contributed by atoms with van der Waals surface area (Å²) < 4.78 is 5.65. The lowest BCUT2D eigenvalue weighted by Crippen LogP contribution is -2.37. The van der Waals surface area contributed by atoms with Gasteiger partial charge in [-0.2, -0.15) is 0 Å². The number of fused-ring (bicyclic) bond motifs is 1. The molecule has 0 amide bonds. The number of benzene rings is 1. The van der Waals surface area contributed by atoms with E-state index < -0.39 is 0 Å². The van der Waals surface area contributed by atoms with Crippen LogP contribution in [0, 0.1) is 5.92 Å². The molecular weight excluding hydrogens is 198 g/mol. The van der Waals surface area contributed by atoms with E-state index in [9.17, 15) is 0 Å². The summed E-state index contributed by atoms with van der Waals surface area (Å²) in [5.74, 6) is 0.645. The van der Waals surface area contributed by atoms with Crippen molar-refractivity contribution in [3.05, 3.63) is 29.8 Å². The fraction of sp³-hybridized carbons (Fsp3) is 0.571. The summed E-state index contributed by atoms with van der Waals surface area (Å²) in [6.45, 7) is 6.13. The Morgan fingerprint density at radius 1 is 1.38 bits per heavy atom. The Morgan fingerprint density at radius 2 is 2.19 bits per heavy atom. The SMILES string of the molecule is CCCOCC1Nc2ccccc2CC1C. The number of nitrogens with one attached hydrogen (secondary N) is 1. The second-order valence-electron chi connectivity index (χ2n) is 4.66. The minimum Gasteiger partial charge on any atom is -0.379 e. The summed E-state index contributed by atoms with van der Waals surface area (Å²) in [4.78, 5) is 0. The predicted octanol–water partition coefficient (Wildman–Crippen LogP) is 3.09. The van der Waals surface area contributed by atoms with E-state index in [1.165, 1.54) is 11.3 Å². The van der Waals surface area contributed by atoms with Gasteiger partial charge in [-0.25, -0.2) is 0 Å². The summed E-state index contributed by atoms with van der Waals surface area (Å²) in [5.41, 5.74) is 2.72. The number of para-hydroxylation sites is 1. The van der Waals surface area contributed by atoms with Crippen molar-refractivity contribution in [2.45, 2.75) is 32.7 Å². The Hall–Kier alpha value is -1.02. The van der Waals surface area contributed by atoms with Crippen molar-refractivity contribution in [1.29, 1.82) is 0 Å². The topological polar surface area (TPSA) is 21.3 Å². The normalized spacial score (nSPS) is 23.6. The third kappa shape index (κ3) is 2.56. The fourth-order valence-electron chi connectivity index (χ4n) is 2.23. The van der Waals surface area contributed by atoms with Crippen molar-refractivity contribution in [1.82, 2.24) is 0 Å². The van der Waals surface area contributed by atoms with E-state index in [1.54, 1.807) is 0 Å². The van der Waals surface area contributed by atoms with Crippen LogP contribution in [0.25, 0.3) is 0 Å². The fourth-order valence-corrected chi connectivity index (χ4v) is 2.23. The van der Waals surface area contributed by atoms with Gasteiger partial charge in [-0.3, -0.25) is 0 Å². The zero-order valence-corrected chi connectivity index (χ0v) is 10.2. The first-order chi connectivity index (χ1) is 7.81. The van der Waals surface area contributed by atoms with Crippen molar-refractivity contribution in [3.63, 3.8) is 0 Å². The number of anilines is 1. The minimum atomic E-state index is 0.460. The van der Waals surface area contributed by atoms with E-state index in [2.05, 4.69) is 43.4 Å². The van der Waals surface area contributed by atoms with Crippen LogP contribution in [0.3, 0.4) is 0 Å². The largest absolute Gasteiger partial charge is 0.379 e. The zero-order chi connectivity index (χ0) is 11.4. The molecule has 2 atom stereocenters. The molecule has 2 heteroatoms. The zero-order valence-electron chi connectivity index (χ0n) is 10.2. The van der Waals surface area contributed by atoms with Crippen LogP contribution in [0.5, 0.6) is 0 Å². The van der Waals surface area contributed by atoms with Crippen molar-refractivity contribution < 1.29 is 4.74 Å². The molecule has 0 saturated heterocycles. The Balaban J connectivity index is 1.98. The summed E-state index contributed by atoms with van der Waals surface area (Å²) >= 11 is 0. The van der Waals surface area contributed by atoms with Crippen LogP contribution in [0.4, 0.5) is 5.69 Å². The molecule has 0 radical (unpaired) electrons. The van der Waals surface area contributed by atoms with E-state index in [0.717, 1.165) is 26.1 Å². The van der Waals surface area contributed by atoms with Crippen LogP contribution < -0.4 is 5.32 Å². The Labute approximate surface area is 98.0 Å². The third-order valence-corrected chi connectivity index (χ3v) is 3.23. The molecule has 1 aliphatic rings. The maximum Gasteiger partial charge on any atom is 0.0670 e. The van der Waals surface area contributed by atoms with Crippen LogP contribution in [-0.2, 0) is 11.2 Å². The molecule has 1 heterocycles. The number of hydrogen-bond donors (Lipinski definition) is 1. The number of hydrogen-bond acceptors (Lipinski definition) is 2. The second-order valence-corrected chi connectivity index (χ2v) is 4.66. The number of rotatable bonds is 4. The quantitative estimate of drug-likeness (QED) is 0.786. The lowest BCUT2D eigenvalue weighted by atomic mass is 9.89. The lowest BCUT2D eigenvalue weighted by molar-refractivity contribution is 0.112. The first kappa shape index (κ1) is 11.5. The van der Waals surface area contributed by atoms with Gasteiger partial charge in [-0.1, -0.05) is 32.0 Å². The molecule has 1 aromatic carbocycles. The molecule has 2 unspecified atom stereocenters. The average molecular weight is 219 g/mol. The Kier molecular flexibility index (Phi) is 3.83. The lowest BCUT2D eigenvalue weighted by Gasteiger charge is -2.32. The van der Waals surface area contributed by atoms with Gasteiger partial charge in [0.25, 0.3) is 0 Å². The molecule has 0 aliphatic carbocycles. The Morgan fingerprint density at radius 3 is 3.00 bits per heavy atom. The van der Waals surface area contributed by atoms with Gasteiger partial charge in [-0.05, 0) is 30.4 Å². The van der Waals surface area contributed by atoms with Crippen LogP contribution in [-0.4, -0.2) is 19.3 Å². The van der Waals surface area contributed by atoms with E-state index in [4.69, 9.17) is 4.74 Å². The van der Waals surface area contributed by atoms with Crippen molar-refractivity contribution in [2.24, 2.45) is 5.92 Å². The molecule has 0 bridgehead atoms. The summed E-state index contributed by atoms with van der Waals surface area (Å²) in [6.07, 6.45) is 2.25. The molecule has 2 nitrogen and oxygen atoms in total. The van der Waals surface area contributed by atoms with E-state index in [-0.39, 0.29) is 0 Å². The van der Waals surface area contributed by atoms with Crippen LogP contribution in [0.2, 0.25) is 0 Å². The standard InChI is InChI=1S/C14H21NO/c1-3-8-16-10-14-11(2)9-12-6-4-5-7-13(12)15-14/h4-7,11,14-15H,3,8-10H2,1-2H3. The molecule has 0 aromatic heterocycles. The molecule has 0 saturated carbocycles. The van der Waals surface area contributed by atoms with Gasteiger partial charge in [-0.15, -0.1) is 0 Å². The van der Waals surface area contributed by atoms with Crippen molar-refractivity contribution in [3.8, 4) is 0 Å². The highest BCUT2D eigenvalue weighted by atomic mass is 16.5. The van der Waals surface area contributed by atoms with Crippen molar-refractivity contribution in [2.75, 3.05) is 18.5 Å². The highest BCUT2D eigenvalue weighted by Crippen LogP contribution is 2.27. The van der Waals surface area contributed by atoms with Gasteiger partial charge in [0.1, 0.15) is 0 Å². The molecule has 1 N–H and O–H groups in total. The number of ether oxygens (including phenoxy) is 1. The van der Waals surface area contributed by atoms with Gasteiger partial charge in [0.05, 0.1) is 12.6 Å². The summed E-state index contributed by atoms with van der Waals surface area (Å²) in [7, 11) is 0. The third-order valence-electron chi connectivity index (χ3n) is 3.23. The second kappa shape index (κ2) is 5.35. The molecule has 16 heavy (non-hydrogen) atoms. The molecule has 1 aliphatic heterocycles. The molecule has 0 fully saturated rings. The minimum absolute atomic E-state index is 0.460. The summed E-state index contributed by atoms with van der Waals surface area (Å²) in [6, 6.07) is 9.03. The molecule has 1 aromatic rings. The van der Waals surface area contributed by atoms with E-state index >= 15 is 0 Å². The monoisotopic (exact) mass is 219 g/mol. The van der Waals surface area contributed by atoms with E-state index in [1.807, 2.05) is 0 Å². The highest BCUT2D eigenvalue weighted by molar-refractivity contribution is 5.54. The maximum absolute atomic E-state index is 5.65. The first-order valence-electron chi connectivity index (χ1n) is 6.23. The van der Waals surface area contributed by atoms with Crippen LogP contribution >= 0.6 is 0 Å². The smallest absolute Gasteiger partial charge is 0.0670 e. The van der Waals surface area contributed by atoms with Gasteiger partial charge in [0.15, 0.2) is 0 Å². The van der Waals surface area contributed by atoms with Gasteiger partial charge in [0, 0.05) is 12.3 Å². The van der Waals surface area contributed by atoms with Crippen LogP contribution in [0.15, 0.2) is 24.3 Å².